The number of rotatable bonds is 5. The summed E-state index contributed by atoms with van der Waals surface area (Å²) in [5.41, 5.74) is 3.97. The minimum absolute atomic E-state index is 0.0753. The van der Waals surface area contributed by atoms with Gasteiger partial charge in [0.05, 0.1) is 0 Å². The van der Waals surface area contributed by atoms with Crippen molar-refractivity contribution < 1.29 is 33.0 Å². The number of halogens is 3. The molecule has 27 heavy (non-hydrogen) atoms. The van der Waals surface area contributed by atoms with Crippen molar-refractivity contribution in [2.75, 3.05) is 0 Å². The van der Waals surface area contributed by atoms with Crippen LogP contribution in [0.5, 0.6) is 0 Å². The Morgan fingerprint density at radius 1 is 0.852 bits per heavy atom. The summed E-state index contributed by atoms with van der Waals surface area (Å²) < 4.78 is 40.1. The maximum Gasteiger partial charge on any atom is 0.410 e. The molecule has 2 aromatic rings. The molecule has 0 bridgehead atoms. The Kier molecular flexibility index (Phi) is 7.74. The van der Waals surface area contributed by atoms with Crippen LogP contribution in [0.4, 0.5) is 13.2 Å². The molecule has 0 aliphatic heterocycles. The third-order valence-corrected chi connectivity index (χ3v) is 3.49. The number of carbonyl (C=O) groups is 2. The lowest BCUT2D eigenvalue weighted by Crippen LogP contribution is -2.52. The molecule has 0 aromatic heterocycles. The smallest absolute Gasteiger partial charge is 0.410 e. The van der Waals surface area contributed by atoms with Crippen LogP contribution in [-0.4, -0.2) is 28.3 Å². The van der Waals surface area contributed by atoms with E-state index in [2.05, 4.69) is 0 Å². The minimum Gasteiger partial charge on any atom is -0.478 e. The van der Waals surface area contributed by atoms with E-state index in [0.717, 1.165) is 0 Å². The van der Waals surface area contributed by atoms with E-state index in [1.807, 2.05) is 0 Å². The number of hydrogen-bond donors (Lipinski definition) is 3. The first-order chi connectivity index (χ1) is 12.6. The highest BCUT2D eigenvalue weighted by Crippen LogP contribution is 2.39. The number of carboxylic acid groups (broad SMARTS) is 2. The van der Waals surface area contributed by atoms with Crippen LogP contribution in [0.1, 0.15) is 11.1 Å². The van der Waals surface area contributed by atoms with Gasteiger partial charge in [0.25, 0.3) is 0 Å². The average Bonchev–Trinajstić information content (AvgIpc) is 2.61. The molecular formula is C19H18F3NO4. The predicted molar refractivity (Wildman–Crippen MR) is 92.9 cm³/mol. The van der Waals surface area contributed by atoms with E-state index in [1.54, 1.807) is 48.5 Å². The summed E-state index contributed by atoms with van der Waals surface area (Å²) in [7, 11) is 0. The normalized spacial score (nSPS) is 13.3. The molecule has 1 unspecified atom stereocenters. The Balaban J connectivity index is 0.000000387. The second kappa shape index (κ2) is 9.54. The third kappa shape index (κ3) is 6.95. The van der Waals surface area contributed by atoms with Crippen molar-refractivity contribution in [3.05, 3.63) is 83.9 Å². The zero-order valence-corrected chi connectivity index (χ0v) is 14.1. The minimum atomic E-state index is -4.51. The monoisotopic (exact) mass is 381 g/mol. The topological polar surface area (TPSA) is 101 Å². The van der Waals surface area contributed by atoms with E-state index in [0.29, 0.717) is 17.7 Å². The van der Waals surface area contributed by atoms with Gasteiger partial charge in [-0.25, -0.2) is 9.59 Å². The van der Waals surface area contributed by atoms with Crippen molar-refractivity contribution in [2.45, 2.75) is 18.1 Å². The summed E-state index contributed by atoms with van der Waals surface area (Å²) in [6.07, 6.45) is -3.67. The molecule has 2 rings (SSSR count). The highest BCUT2D eigenvalue weighted by atomic mass is 19.4. The molecule has 144 valence electrons. The van der Waals surface area contributed by atoms with Gasteiger partial charge in [-0.15, -0.1) is 0 Å². The largest absolute Gasteiger partial charge is 0.478 e. The number of aliphatic carboxylic acids is 2. The maximum atomic E-state index is 13.4. The number of benzene rings is 2. The standard InChI is InChI=1S/C15H14F3N.C4H4O4/c16-15(17,18)14(19,13-9-5-2-6-10-13)11-12-7-3-1-4-8-12;5-3(6)1-2-4(7)8/h1-10H,11,19H2;1-2H,(H,5,6)(H,7,8)/b;2-1-. The molecule has 0 aliphatic carbocycles. The summed E-state index contributed by atoms with van der Waals surface area (Å²) in [6.45, 7) is 0. The fourth-order valence-electron chi connectivity index (χ4n) is 2.16. The van der Waals surface area contributed by atoms with E-state index in [9.17, 15) is 22.8 Å². The Morgan fingerprint density at radius 2 is 1.26 bits per heavy atom. The first-order valence-corrected chi connectivity index (χ1v) is 7.65. The maximum absolute atomic E-state index is 13.4. The second-order valence-corrected chi connectivity index (χ2v) is 5.51. The molecule has 0 saturated heterocycles. The van der Waals surface area contributed by atoms with E-state index in [1.165, 1.54) is 12.1 Å². The molecule has 0 spiro atoms. The molecule has 4 N–H and O–H groups in total. The molecule has 8 heteroatoms. The molecule has 2 aromatic carbocycles. The second-order valence-electron chi connectivity index (χ2n) is 5.51. The van der Waals surface area contributed by atoms with Gasteiger partial charge in [-0.05, 0) is 11.1 Å². The number of carboxylic acids is 2. The van der Waals surface area contributed by atoms with Crippen LogP contribution in [0.3, 0.4) is 0 Å². The number of nitrogens with two attached hydrogens (primary N) is 1. The highest BCUT2D eigenvalue weighted by molar-refractivity contribution is 5.89. The van der Waals surface area contributed by atoms with Crippen LogP contribution in [-0.2, 0) is 21.5 Å². The fourth-order valence-corrected chi connectivity index (χ4v) is 2.16. The van der Waals surface area contributed by atoms with Crippen molar-refractivity contribution in [1.82, 2.24) is 0 Å². The summed E-state index contributed by atoms with van der Waals surface area (Å²) in [4.78, 5) is 19.1. The molecule has 1 atom stereocenters. The van der Waals surface area contributed by atoms with Crippen LogP contribution >= 0.6 is 0 Å². The van der Waals surface area contributed by atoms with Gasteiger partial charge in [-0.3, -0.25) is 0 Å². The van der Waals surface area contributed by atoms with Crippen molar-refractivity contribution in [1.29, 1.82) is 0 Å². The summed E-state index contributed by atoms with van der Waals surface area (Å²) >= 11 is 0. The van der Waals surface area contributed by atoms with Crippen LogP contribution in [0, 0.1) is 0 Å². The lowest BCUT2D eigenvalue weighted by Gasteiger charge is -2.32. The molecule has 0 saturated carbocycles. The summed E-state index contributed by atoms with van der Waals surface area (Å²) in [6, 6.07) is 16.1. The number of alkyl halides is 3. The lowest BCUT2D eigenvalue weighted by atomic mass is 9.84. The Morgan fingerprint density at radius 3 is 1.63 bits per heavy atom. The fraction of sp³-hybridized carbons (Fsp3) is 0.158. The zero-order chi connectivity index (χ0) is 20.5. The van der Waals surface area contributed by atoms with Gasteiger partial charge in [-0.2, -0.15) is 13.2 Å². The molecule has 5 nitrogen and oxygen atoms in total. The van der Waals surface area contributed by atoms with Gasteiger partial charge in [0.2, 0.25) is 0 Å². The van der Waals surface area contributed by atoms with E-state index >= 15 is 0 Å². The molecule has 0 fully saturated rings. The van der Waals surface area contributed by atoms with Crippen molar-refractivity contribution in [3.8, 4) is 0 Å². The third-order valence-electron chi connectivity index (χ3n) is 3.49. The van der Waals surface area contributed by atoms with Crippen molar-refractivity contribution >= 4 is 11.9 Å². The van der Waals surface area contributed by atoms with Gasteiger partial charge >= 0.3 is 18.1 Å². The van der Waals surface area contributed by atoms with Crippen LogP contribution in [0.2, 0.25) is 0 Å². The average molecular weight is 381 g/mol. The quantitative estimate of drug-likeness (QED) is 0.690. The van der Waals surface area contributed by atoms with Crippen molar-refractivity contribution in [3.63, 3.8) is 0 Å². The first kappa shape index (κ1) is 21.9. The Hall–Kier alpha value is -3.13. The van der Waals surface area contributed by atoms with Crippen LogP contribution < -0.4 is 5.73 Å². The zero-order valence-electron chi connectivity index (χ0n) is 14.1. The highest BCUT2D eigenvalue weighted by Gasteiger charge is 2.52. The van der Waals surface area contributed by atoms with Gasteiger partial charge in [0.15, 0.2) is 0 Å². The molecule has 0 amide bonds. The first-order valence-electron chi connectivity index (χ1n) is 7.65. The van der Waals surface area contributed by atoms with Gasteiger partial charge in [-0.1, -0.05) is 60.7 Å². The van der Waals surface area contributed by atoms with E-state index in [-0.39, 0.29) is 12.0 Å². The molecule has 0 aliphatic rings. The van der Waals surface area contributed by atoms with Crippen molar-refractivity contribution in [2.24, 2.45) is 5.73 Å². The summed E-state index contributed by atoms with van der Waals surface area (Å²) in [5.74, 6) is -2.51. The van der Waals surface area contributed by atoms with Gasteiger partial charge in [0.1, 0.15) is 5.54 Å². The predicted octanol–water partition coefficient (Wildman–Crippen LogP) is 3.36. The molecular weight excluding hydrogens is 363 g/mol. The van der Waals surface area contributed by atoms with E-state index in [4.69, 9.17) is 15.9 Å². The van der Waals surface area contributed by atoms with Gasteiger partial charge in [0, 0.05) is 18.6 Å². The SMILES string of the molecule is NC(Cc1ccccc1)(c1ccccc1)C(F)(F)F.O=C(O)/C=C\C(=O)O. The molecule has 0 radical (unpaired) electrons. The summed E-state index contributed by atoms with van der Waals surface area (Å²) in [5, 5.41) is 15.6. The van der Waals surface area contributed by atoms with Crippen LogP contribution in [0.15, 0.2) is 72.8 Å². The Labute approximate surface area is 153 Å². The number of hydrogen-bond acceptors (Lipinski definition) is 3. The lowest BCUT2D eigenvalue weighted by molar-refractivity contribution is -0.189. The van der Waals surface area contributed by atoms with Gasteiger partial charge < -0.3 is 15.9 Å². The van der Waals surface area contributed by atoms with Crippen LogP contribution in [0.25, 0.3) is 0 Å². The Bertz CT molecular complexity index is 761. The molecule has 0 heterocycles. The van der Waals surface area contributed by atoms with E-state index < -0.39 is 23.7 Å².